The summed E-state index contributed by atoms with van der Waals surface area (Å²) < 4.78 is 0. The molecular formula is C17H27N3. The van der Waals surface area contributed by atoms with Gasteiger partial charge in [0.2, 0.25) is 0 Å². The largest absolute Gasteiger partial charge is 0.384 e. The van der Waals surface area contributed by atoms with E-state index in [9.17, 15) is 0 Å². The van der Waals surface area contributed by atoms with Gasteiger partial charge < -0.3 is 5.73 Å². The van der Waals surface area contributed by atoms with Gasteiger partial charge in [0.1, 0.15) is 5.84 Å². The predicted molar refractivity (Wildman–Crippen MR) is 85.0 cm³/mol. The average Bonchev–Trinajstić information content (AvgIpc) is 2.80. The highest BCUT2D eigenvalue weighted by molar-refractivity contribution is 5.95. The van der Waals surface area contributed by atoms with Gasteiger partial charge in [0.05, 0.1) is 0 Å². The zero-order chi connectivity index (χ0) is 14.9. The zero-order valence-corrected chi connectivity index (χ0v) is 13.2. The molecule has 3 N–H and O–H groups in total. The molecule has 20 heavy (non-hydrogen) atoms. The molecule has 0 saturated carbocycles. The Bertz CT molecular complexity index is 499. The van der Waals surface area contributed by atoms with Crippen LogP contribution in [0.15, 0.2) is 18.2 Å². The van der Waals surface area contributed by atoms with Crippen LogP contribution in [0, 0.1) is 23.7 Å². The van der Waals surface area contributed by atoms with Gasteiger partial charge >= 0.3 is 0 Å². The third-order valence-corrected chi connectivity index (χ3v) is 4.54. The van der Waals surface area contributed by atoms with Gasteiger partial charge in [-0.1, -0.05) is 32.9 Å². The van der Waals surface area contributed by atoms with Gasteiger partial charge in [0.25, 0.3) is 0 Å². The fourth-order valence-electron chi connectivity index (χ4n) is 2.96. The van der Waals surface area contributed by atoms with E-state index >= 15 is 0 Å². The molecule has 110 valence electrons. The average molecular weight is 273 g/mol. The smallest absolute Gasteiger partial charge is 0.122 e. The topological polar surface area (TPSA) is 53.1 Å². The van der Waals surface area contributed by atoms with Crippen LogP contribution in [-0.2, 0) is 6.54 Å². The van der Waals surface area contributed by atoms with Crippen LogP contribution in [0.4, 0.5) is 0 Å². The Balaban J connectivity index is 2.03. The van der Waals surface area contributed by atoms with Gasteiger partial charge in [0, 0.05) is 18.7 Å². The monoisotopic (exact) mass is 273 g/mol. The predicted octanol–water partition coefficient (Wildman–Crippen LogP) is 3.15. The van der Waals surface area contributed by atoms with E-state index in [2.05, 4.69) is 38.7 Å². The Morgan fingerprint density at radius 3 is 2.60 bits per heavy atom. The van der Waals surface area contributed by atoms with Gasteiger partial charge in [-0.3, -0.25) is 10.3 Å². The van der Waals surface area contributed by atoms with Crippen LogP contribution in [0.5, 0.6) is 0 Å². The Labute approximate surface area is 122 Å². The molecule has 0 aromatic heterocycles. The summed E-state index contributed by atoms with van der Waals surface area (Å²) in [6, 6.07) is 6.10. The van der Waals surface area contributed by atoms with E-state index in [-0.39, 0.29) is 5.84 Å². The van der Waals surface area contributed by atoms with Crippen LogP contribution < -0.4 is 5.73 Å². The standard InChI is InChI=1S/C17H27N3/c1-12-9-13(16(18)19)5-6-14(12)10-20-8-7-15(11-20)17(2,3)4/h5-6,9,15H,7-8,10-11H2,1-4H3,(H3,18,19). The van der Waals surface area contributed by atoms with Crippen molar-refractivity contribution in [2.45, 2.75) is 40.7 Å². The van der Waals surface area contributed by atoms with Crippen molar-refractivity contribution >= 4 is 5.84 Å². The van der Waals surface area contributed by atoms with Crippen LogP contribution in [0.2, 0.25) is 0 Å². The summed E-state index contributed by atoms with van der Waals surface area (Å²) in [7, 11) is 0. The van der Waals surface area contributed by atoms with Gasteiger partial charge in [0.15, 0.2) is 0 Å². The lowest BCUT2D eigenvalue weighted by molar-refractivity contribution is 0.226. The maximum atomic E-state index is 7.49. The fourth-order valence-corrected chi connectivity index (χ4v) is 2.96. The van der Waals surface area contributed by atoms with Crippen molar-refractivity contribution in [1.82, 2.24) is 4.90 Å². The number of nitrogens with one attached hydrogen (secondary N) is 1. The summed E-state index contributed by atoms with van der Waals surface area (Å²) in [5.74, 6) is 0.938. The summed E-state index contributed by atoms with van der Waals surface area (Å²) in [5, 5.41) is 7.49. The van der Waals surface area contributed by atoms with Crippen LogP contribution in [0.25, 0.3) is 0 Å². The van der Waals surface area contributed by atoms with Crippen molar-refractivity contribution in [3.63, 3.8) is 0 Å². The molecule has 1 aliphatic rings. The first-order chi connectivity index (χ1) is 9.27. The first-order valence-corrected chi connectivity index (χ1v) is 7.43. The van der Waals surface area contributed by atoms with E-state index < -0.39 is 0 Å². The molecule has 1 saturated heterocycles. The molecule has 3 heteroatoms. The molecule has 1 aromatic rings. The van der Waals surface area contributed by atoms with Crippen LogP contribution >= 0.6 is 0 Å². The number of benzene rings is 1. The Kier molecular flexibility index (Phi) is 4.19. The molecule has 1 unspecified atom stereocenters. The van der Waals surface area contributed by atoms with Crippen molar-refractivity contribution in [2.75, 3.05) is 13.1 Å². The summed E-state index contributed by atoms with van der Waals surface area (Å²) in [6.07, 6.45) is 1.30. The number of hydrogen-bond acceptors (Lipinski definition) is 2. The van der Waals surface area contributed by atoms with E-state index in [4.69, 9.17) is 11.1 Å². The van der Waals surface area contributed by atoms with Crippen molar-refractivity contribution in [3.8, 4) is 0 Å². The van der Waals surface area contributed by atoms with E-state index in [0.29, 0.717) is 5.41 Å². The van der Waals surface area contributed by atoms with Crippen molar-refractivity contribution in [3.05, 3.63) is 34.9 Å². The van der Waals surface area contributed by atoms with E-state index in [1.54, 1.807) is 0 Å². The first-order valence-electron chi connectivity index (χ1n) is 7.43. The summed E-state index contributed by atoms with van der Waals surface area (Å²) >= 11 is 0. The highest BCUT2D eigenvalue weighted by Gasteiger charge is 2.31. The van der Waals surface area contributed by atoms with Crippen LogP contribution in [0.1, 0.15) is 43.9 Å². The number of aryl methyl sites for hydroxylation is 1. The third-order valence-electron chi connectivity index (χ3n) is 4.54. The third kappa shape index (κ3) is 3.40. The zero-order valence-electron chi connectivity index (χ0n) is 13.2. The molecule has 0 spiro atoms. The van der Waals surface area contributed by atoms with Crippen molar-refractivity contribution in [2.24, 2.45) is 17.1 Å². The molecule has 1 aliphatic heterocycles. The van der Waals surface area contributed by atoms with Crippen molar-refractivity contribution in [1.29, 1.82) is 5.41 Å². The minimum Gasteiger partial charge on any atom is -0.384 e. The Morgan fingerprint density at radius 1 is 1.40 bits per heavy atom. The minimum absolute atomic E-state index is 0.147. The maximum Gasteiger partial charge on any atom is 0.122 e. The number of amidine groups is 1. The summed E-state index contributed by atoms with van der Waals surface area (Å²) in [4.78, 5) is 2.55. The lowest BCUT2D eigenvalue weighted by Crippen LogP contribution is -2.26. The second-order valence-corrected chi connectivity index (χ2v) is 7.14. The normalized spacial score (nSPS) is 20.3. The van der Waals surface area contributed by atoms with Crippen molar-refractivity contribution < 1.29 is 0 Å². The van der Waals surface area contributed by atoms with E-state index in [0.717, 1.165) is 18.0 Å². The number of nitrogen functional groups attached to an aromatic ring is 1. The summed E-state index contributed by atoms with van der Waals surface area (Å²) in [6.45, 7) is 12.5. The van der Waals surface area contributed by atoms with Crippen LogP contribution in [0.3, 0.4) is 0 Å². The second-order valence-electron chi connectivity index (χ2n) is 7.14. The number of hydrogen-bond donors (Lipinski definition) is 2. The molecule has 0 radical (unpaired) electrons. The minimum atomic E-state index is 0.147. The first kappa shape index (κ1) is 15.0. The number of likely N-dealkylation sites (tertiary alicyclic amines) is 1. The molecule has 0 aliphatic carbocycles. The van der Waals surface area contributed by atoms with Crippen LogP contribution in [-0.4, -0.2) is 23.8 Å². The number of nitrogens with zero attached hydrogens (tertiary/aromatic N) is 1. The SMILES string of the molecule is Cc1cc(C(=N)N)ccc1CN1CCC(C(C)(C)C)C1. The van der Waals surface area contributed by atoms with Gasteiger partial charge in [-0.05, 0) is 48.4 Å². The lowest BCUT2D eigenvalue weighted by Gasteiger charge is -2.27. The van der Waals surface area contributed by atoms with E-state index in [1.165, 1.54) is 30.6 Å². The molecule has 0 amide bonds. The summed E-state index contributed by atoms with van der Waals surface area (Å²) in [5.41, 5.74) is 9.34. The molecule has 1 heterocycles. The van der Waals surface area contributed by atoms with Gasteiger partial charge in [-0.15, -0.1) is 0 Å². The highest BCUT2D eigenvalue weighted by atomic mass is 15.1. The Morgan fingerprint density at radius 2 is 2.10 bits per heavy atom. The van der Waals surface area contributed by atoms with E-state index in [1.807, 2.05) is 12.1 Å². The van der Waals surface area contributed by atoms with Gasteiger partial charge in [-0.25, -0.2) is 0 Å². The molecule has 3 nitrogen and oxygen atoms in total. The maximum absolute atomic E-state index is 7.49. The highest BCUT2D eigenvalue weighted by Crippen LogP contribution is 2.34. The Hall–Kier alpha value is -1.35. The van der Waals surface area contributed by atoms with Gasteiger partial charge in [-0.2, -0.15) is 0 Å². The quantitative estimate of drug-likeness (QED) is 0.656. The number of rotatable bonds is 3. The second kappa shape index (κ2) is 5.57. The molecule has 1 aromatic carbocycles. The molecule has 0 bridgehead atoms. The molecule has 2 rings (SSSR count). The molecular weight excluding hydrogens is 246 g/mol. The fraction of sp³-hybridized carbons (Fsp3) is 0.588. The molecule has 1 fully saturated rings. The molecule has 1 atom stereocenters. The number of nitrogens with two attached hydrogens (primary N) is 1. The lowest BCUT2D eigenvalue weighted by atomic mass is 9.80.